The summed E-state index contributed by atoms with van der Waals surface area (Å²) in [6.45, 7) is 6.08. The van der Waals surface area contributed by atoms with Crippen molar-refractivity contribution in [2.24, 2.45) is 0 Å². The molecular formula is C27H24N4S. The molecule has 0 unspecified atom stereocenters. The molecule has 5 heteroatoms. The van der Waals surface area contributed by atoms with E-state index in [4.69, 9.17) is 9.97 Å². The fourth-order valence-corrected chi connectivity index (χ4v) is 4.59. The lowest BCUT2D eigenvalue weighted by Crippen LogP contribution is -2.06. The molecule has 2 heterocycles. The first-order valence-electron chi connectivity index (χ1n) is 10.7. The van der Waals surface area contributed by atoms with Crippen LogP contribution in [-0.2, 0) is 6.42 Å². The van der Waals surface area contributed by atoms with E-state index in [1.54, 1.807) is 11.3 Å². The van der Waals surface area contributed by atoms with E-state index in [1.807, 2.05) is 13.8 Å². The van der Waals surface area contributed by atoms with Gasteiger partial charge < -0.3 is 5.32 Å². The number of aryl methyl sites for hydroxylation is 3. The highest BCUT2D eigenvalue weighted by atomic mass is 32.1. The lowest BCUT2D eigenvalue weighted by molar-refractivity contribution is 0.964. The molecule has 4 nitrogen and oxygen atoms in total. The summed E-state index contributed by atoms with van der Waals surface area (Å²) in [5.74, 6) is 1.58. The SMILES string of the molecule is Cc1ccc(Cc2c(C)nc(C)nc2Nc2nc(-c3ccc4ccccc4c3)cs2)cc1. The normalized spacial score (nSPS) is 11.1. The molecule has 0 bridgehead atoms. The lowest BCUT2D eigenvalue weighted by atomic mass is 10.0. The quantitative estimate of drug-likeness (QED) is 0.322. The van der Waals surface area contributed by atoms with Gasteiger partial charge in [-0.3, -0.25) is 0 Å². The number of benzene rings is 3. The van der Waals surface area contributed by atoms with Crippen LogP contribution in [0.4, 0.5) is 10.9 Å². The maximum absolute atomic E-state index is 4.85. The maximum atomic E-state index is 4.85. The lowest BCUT2D eigenvalue weighted by Gasteiger charge is -2.13. The van der Waals surface area contributed by atoms with Crippen LogP contribution >= 0.6 is 11.3 Å². The van der Waals surface area contributed by atoms with Gasteiger partial charge in [-0.05, 0) is 43.2 Å². The van der Waals surface area contributed by atoms with Gasteiger partial charge in [0.2, 0.25) is 0 Å². The van der Waals surface area contributed by atoms with Crippen molar-refractivity contribution in [3.8, 4) is 11.3 Å². The second-order valence-electron chi connectivity index (χ2n) is 8.07. The van der Waals surface area contributed by atoms with Crippen molar-refractivity contribution in [3.05, 3.63) is 100 Å². The zero-order valence-corrected chi connectivity index (χ0v) is 19.2. The molecule has 0 saturated heterocycles. The number of anilines is 2. The summed E-state index contributed by atoms with van der Waals surface area (Å²) in [7, 11) is 0. The van der Waals surface area contributed by atoms with Crippen LogP contribution in [-0.4, -0.2) is 15.0 Å². The smallest absolute Gasteiger partial charge is 0.188 e. The number of hydrogen-bond donors (Lipinski definition) is 1. The number of thiazole rings is 1. The van der Waals surface area contributed by atoms with Gasteiger partial charge in [0.15, 0.2) is 5.13 Å². The molecule has 0 radical (unpaired) electrons. The van der Waals surface area contributed by atoms with E-state index in [1.165, 1.54) is 21.9 Å². The second kappa shape index (κ2) is 8.52. The number of nitrogens with one attached hydrogen (secondary N) is 1. The molecule has 0 aliphatic heterocycles. The van der Waals surface area contributed by atoms with Crippen LogP contribution in [0, 0.1) is 20.8 Å². The summed E-state index contributed by atoms with van der Waals surface area (Å²) in [6, 6.07) is 23.5. The van der Waals surface area contributed by atoms with E-state index >= 15 is 0 Å². The van der Waals surface area contributed by atoms with Crippen LogP contribution in [0.5, 0.6) is 0 Å². The Hall–Kier alpha value is -3.57. The number of hydrogen-bond acceptors (Lipinski definition) is 5. The Morgan fingerprint density at radius 3 is 2.41 bits per heavy atom. The molecule has 0 aliphatic carbocycles. The third-order valence-electron chi connectivity index (χ3n) is 5.60. The topological polar surface area (TPSA) is 50.7 Å². The van der Waals surface area contributed by atoms with E-state index in [2.05, 4.69) is 89.3 Å². The van der Waals surface area contributed by atoms with Crippen LogP contribution in [0.3, 0.4) is 0 Å². The van der Waals surface area contributed by atoms with Gasteiger partial charge in [0, 0.05) is 28.6 Å². The molecule has 5 aromatic rings. The molecule has 0 saturated carbocycles. The zero-order chi connectivity index (χ0) is 22.1. The fourth-order valence-electron chi connectivity index (χ4n) is 3.87. The van der Waals surface area contributed by atoms with Crippen molar-refractivity contribution in [3.63, 3.8) is 0 Å². The first kappa shape index (κ1) is 20.3. The van der Waals surface area contributed by atoms with Crippen molar-refractivity contribution in [2.75, 3.05) is 5.32 Å². The predicted molar refractivity (Wildman–Crippen MR) is 134 cm³/mol. The number of fused-ring (bicyclic) bond motifs is 1. The average molecular weight is 437 g/mol. The highest BCUT2D eigenvalue weighted by molar-refractivity contribution is 7.14. The molecule has 3 aromatic carbocycles. The first-order valence-corrected chi connectivity index (χ1v) is 11.5. The fraction of sp³-hybridized carbons (Fsp3) is 0.148. The van der Waals surface area contributed by atoms with E-state index in [0.29, 0.717) is 0 Å². The number of nitrogens with zero attached hydrogens (tertiary/aromatic N) is 3. The van der Waals surface area contributed by atoms with Gasteiger partial charge in [-0.25, -0.2) is 15.0 Å². The van der Waals surface area contributed by atoms with Gasteiger partial charge >= 0.3 is 0 Å². The van der Waals surface area contributed by atoms with Crippen LogP contribution in [0.1, 0.15) is 28.2 Å². The molecule has 1 N–H and O–H groups in total. The van der Waals surface area contributed by atoms with Gasteiger partial charge in [0.1, 0.15) is 11.6 Å². The molecule has 2 aromatic heterocycles. The Labute approximate surface area is 192 Å². The number of aromatic nitrogens is 3. The molecular weight excluding hydrogens is 412 g/mol. The number of rotatable bonds is 5. The van der Waals surface area contributed by atoms with E-state index < -0.39 is 0 Å². The zero-order valence-electron chi connectivity index (χ0n) is 18.4. The Morgan fingerprint density at radius 1 is 0.812 bits per heavy atom. The van der Waals surface area contributed by atoms with Gasteiger partial charge in [-0.15, -0.1) is 11.3 Å². The minimum atomic E-state index is 0.754. The van der Waals surface area contributed by atoms with Crippen LogP contribution < -0.4 is 5.32 Å². The summed E-state index contributed by atoms with van der Waals surface area (Å²) in [6.07, 6.45) is 0.775. The van der Waals surface area contributed by atoms with Crippen molar-refractivity contribution in [1.82, 2.24) is 15.0 Å². The van der Waals surface area contributed by atoms with Gasteiger partial charge in [0.05, 0.1) is 5.69 Å². The highest BCUT2D eigenvalue weighted by Crippen LogP contribution is 2.30. The van der Waals surface area contributed by atoms with Crippen LogP contribution in [0.25, 0.3) is 22.0 Å². The van der Waals surface area contributed by atoms with Crippen molar-refractivity contribution >= 4 is 33.1 Å². The van der Waals surface area contributed by atoms with Crippen molar-refractivity contribution < 1.29 is 0 Å². The first-order chi connectivity index (χ1) is 15.5. The Bertz CT molecular complexity index is 1400. The molecule has 0 spiro atoms. The maximum Gasteiger partial charge on any atom is 0.188 e. The Morgan fingerprint density at radius 2 is 1.59 bits per heavy atom. The molecule has 0 fully saturated rings. The third-order valence-corrected chi connectivity index (χ3v) is 6.36. The Balaban J connectivity index is 1.45. The third kappa shape index (κ3) is 4.25. The molecule has 0 amide bonds. The van der Waals surface area contributed by atoms with E-state index in [0.717, 1.165) is 45.7 Å². The predicted octanol–water partition coefficient (Wildman–Crippen LogP) is 7.01. The minimum absolute atomic E-state index is 0.754. The van der Waals surface area contributed by atoms with Crippen LogP contribution in [0.2, 0.25) is 0 Å². The van der Waals surface area contributed by atoms with E-state index in [9.17, 15) is 0 Å². The van der Waals surface area contributed by atoms with E-state index in [-0.39, 0.29) is 0 Å². The van der Waals surface area contributed by atoms with Gasteiger partial charge in [-0.1, -0.05) is 66.2 Å². The average Bonchev–Trinajstić information content (AvgIpc) is 3.25. The molecule has 32 heavy (non-hydrogen) atoms. The van der Waals surface area contributed by atoms with Gasteiger partial charge in [-0.2, -0.15) is 0 Å². The van der Waals surface area contributed by atoms with Crippen molar-refractivity contribution in [1.29, 1.82) is 0 Å². The van der Waals surface area contributed by atoms with Crippen molar-refractivity contribution in [2.45, 2.75) is 27.2 Å². The molecule has 158 valence electrons. The monoisotopic (exact) mass is 436 g/mol. The summed E-state index contributed by atoms with van der Waals surface area (Å²) in [5.41, 5.74) is 6.67. The molecule has 0 aliphatic rings. The standard InChI is InChI=1S/C27H24N4S/c1-17-8-10-20(11-9-17)14-24-18(2)28-19(3)29-26(24)31-27-30-25(16-32-27)23-13-12-21-6-4-5-7-22(21)15-23/h4-13,15-16H,14H2,1-3H3,(H,28,29,30,31). The summed E-state index contributed by atoms with van der Waals surface area (Å²) >= 11 is 1.59. The largest absolute Gasteiger partial charge is 0.316 e. The molecule has 5 rings (SSSR count). The minimum Gasteiger partial charge on any atom is -0.316 e. The highest BCUT2D eigenvalue weighted by Gasteiger charge is 2.14. The summed E-state index contributed by atoms with van der Waals surface area (Å²) < 4.78 is 0. The van der Waals surface area contributed by atoms with Gasteiger partial charge in [0.25, 0.3) is 0 Å². The summed E-state index contributed by atoms with van der Waals surface area (Å²) in [5, 5.41) is 8.84. The summed E-state index contributed by atoms with van der Waals surface area (Å²) in [4.78, 5) is 14.2. The second-order valence-corrected chi connectivity index (χ2v) is 8.93. The van der Waals surface area contributed by atoms with Crippen LogP contribution in [0.15, 0.2) is 72.1 Å². The molecule has 0 atom stereocenters. The Kier molecular flexibility index (Phi) is 5.41.